The van der Waals surface area contributed by atoms with Gasteiger partial charge in [0.05, 0.1) is 6.61 Å². The van der Waals surface area contributed by atoms with E-state index in [1.54, 1.807) is 12.1 Å². The maximum atomic E-state index is 9.97. The fourth-order valence-electron chi connectivity index (χ4n) is 2.46. The molecule has 1 aliphatic heterocycles. The van der Waals surface area contributed by atoms with Crippen LogP contribution in [0.1, 0.15) is 12.8 Å². The van der Waals surface area contributed by atoms with Gasteiger partial charge >= 0.3 is 0 Å². The fraction of sp³-hybridized carbons (Fsp3) is 0.571. The molecule has 2 unspecified atom stereocenters. The molecule has 2 atom stereocenters. The van der Waals surface area contributed by atoms with E-state index in [4.69, 9.17) is 10.5 Å². The number of β-amino-alcohol motifs (C(OH)–C–C–N with tert-alkyl or cyclic N) is 1. The van der Waals surface area contributed by atoms with Crippen LogP contribution in [0.2, 0.25) is 0 Å². The van der Waals surface area contributed by atoms with Gasteiger partial charge in [0.25, 0.3) is 0 Å². The Labute approximate surface area is 113 Å². The van der Waals surface area contributed by atoms with Crippen molar-refractivity contribution in [2.45, 2.75) is 25.0 Å². The molecule has 0 spiro atoms. The number of hydrogen-bond donors (Lipinski definition) is 3. The summed E-state index contributed by atoms with van der Waals surface area (Å²) in [6, 6.07) is 7.34. The van der Waals surface area contributed by atoms with E-state index in [-0.39, 0.29) is 19.3 Å². The lowest BCUT2D eigenvalue weighted by molar-refractivity contribution is 0.0533. The summed E-state index contributed by atoms with van der Waals surface area (Å²) in [5.41, 5.74) is 6.30. The predicted molar refractivity (Wildman–Crippen MR) is 74.0 cm³/mol. The minimum Gasteiger partial charge on any atom is -0.491 e. The third-order valence-corrected chi connectivity index (χ3v) is 3.46. The number of nitrogen functional groups attached to an aromatic ring is 1. The van der Waals surface area contributed by atoms with Crippen LogP contribution in [0, 0.1) is 0 Å². The highest BCUT2D eigenvalue weighted by Crippen LogP contribution is 2.18. The minimum atomic E-state index is -0.561. The Morgan fingerprint density at radius 3 is 3.05 bits per heavy atom. The zero-order chi connectivity index (χ0) is 13.7. The van der Waals surface area contributed by atoms with Gasteiger partial charge in [0.2, 0.25) is 0 Å². The van der Waals surface area contributed by atoms with Crippen LogP contribution in [-0.2, 0) is 0 Å². The summed E-state index contributed by atoms with van der Waals surface area (Å²) in [7, 11) is 0. The molecule has 1 aliphatic rings. The number of aliphatic hydroxyl groups excluding tert-OH is 2. The largest absolute Gasteiger partial charge is 0.491 e. The molecule has 5 heteroatoms. The van der Waals surface area contributed by atoms with E-state index in [1.807, 2.05) is 12.1 Å². The molecule has 0 saturated carbocycles. The number of benzene rings is 1. The quantitative estimate of drug-likeness (QED) is 0.652. The molecule has 1 aromatic rings. The average Bonchev–Trinajstić information content (AvgIpc) is 2.84. The molecule has 0 amide bonds. The van der Waals surface area contributed by atoms with Crippen molar-refractivity contribution < 1.29 is 14.9 Å². The highest BCUT2D eigenvalue weighted by molar-refractivity contribution is 5.43. The first-order valence-corrected chi connectivity index (χ1v) is 6.70. The molecule has 1 fully saturated rings. The molecule has 1 aromatic carbocycles. The Bertz CT molecular complexity index is 400. The second-order valence-corrected chi connectivity index (χ2v) is 5.01. The number of nitrogens with zero attached hydrogens (tertiary/aromatic N) is 1. The summed E-state index contributed by atoms with van der Waals surface area (Å²) >= 11 is 0. The van der Waals surface area contributed by atoms with Crippen molar-refractivity contribution in [1.82, 2.24) is 4.90 Å². The van der Waals surface area contributed by atoms with Gasteiger partial charge in [-0.2, -0.15) is 0 Å². The third-order valence-electron chi connectivity index (χ3n) is 3.46. The number of aliphatic hydroxyl groups is 2. The van der Waals surface area contributed by atoms with Gasteiger partial charge in [-0.05, 0) is 31.5 Å². The highest BCUT2D eigenvalue weighted by atomic mass is 16.5. The molecular weight excluding hydrogens is 244 g/mol. The maximum absolute atomic E-state index is 9.97. The molecule has 2 rings (SSSR count). The van der Waals surface area contributed by atoms with Crippen molar-refractivity contribution >= 4 is 5.69 Å². The van der Waals surface area contributed by atoms with Crippen LogP contribution in [0.15, 0.2) is 24.3 Å². The van der Waals surface area contributed by atoms with Crippen LogP contribution in [0.3, 0.4) is 0 Å². The number of rotatable bonds is 6. The Morgan fingerprint density at radius 2 is 2.32 bits per heavy atom. The van der Waals surface area contributed by atoms with Crippen LogP contribution in [0.25, 0.3) is 0 Å². The van der Waals surface area contributed by atoms with Crippen molar-refractivity contribution in [2.24, 2.45) is 0 Å². The Balaban J connectivity index is 1.76. The Morgan fingerprint density at radius 1 is 1.47 bits per heavy atom. The predicted octanol–water partition coefficient (Wildman–Crippen LogP) is 0.465. The zero-order valence-corrected chi connectivity index (χ0v) is 11.0. The molecule has 1 saturated heterocycles. The van der Waals surface area contributed by atoms with Crippen molar-refractivity contribution in [3.63, 3.8) is 0 Å². The van der Waals surface area contributed by atoms with Gasteiger partial charge in [0.1, 0.15) is 18.5 Å². The van der Waals surface area contributed by atoms with Crippen LogP contribution in [0.4, 0.5) is 5.69 Å². The molecule has 4 N–H and O–H groups in total. The van der Waals surface area contributed by atoms with Gasteiger partial charge < -0.3 is 20.7 Å². The first-order valence-electron chi connectivity index (χ1n) is 6.70. The minimum absolute atomic E-state index is 0.156. The number of likely N-dealkylation sites (tertiary alicyclic amines) is 1. The molecule has 0 aromatic heterocycles. The molecule has 5 nitrogen and oxygen atoms in total. The van der Waals surface area contributed by atoms with Gasteiger partial charge in [-0.15, -0.1) is 0 Å². The van der Waals surface area contributed by atoms with Gasteiger partial charge in [0, 0.05) is 24.3 Å². The lowest BCUT2D eigenvalue weighted by Crippen LogP contribution is -2.40. The van der Waals surface area contributed by atoms with Crippen molar-refractivity contribution in [2.75, 3.05) is 32.0 Å². The van der Waals surface area contributed by atoms with E-state index in [1.165, 1.54) is 0 Å². The summed E-state index contributed by atoms with van der Waals surface area (Å²) in [5, 5.41) is 19.2. The van der Waals surface area contributed by atoms with Crippen molar-refractivity contribution in [3.8, 4) is 5.75 Å². The first kappa shape index (κ1) is 14.1. The normalized spacial score (nSPS) is 21.5. The van der Waals surface area contributed by atoms with Gasteiger partial charge in [-0.1, -0.05) is 6.07 Å². The number of ether oxygens (including phenoxy) is 1. The van der Waals surface area contributed by atoms with Crippen LogP contribution < -0.4 is 10.5 Å². The summed E-state index contributed by atoms with van der Waals surface area (Å²) in [6.45, 7) is 1.86. The van der Waals surface area contributed by atoms with E-state index in [9.17, 15) is 10.2 Å². The fourth-order valence-corrected chi connectivity index (χ4v) is 2.46. The van der Waals surface area contributed by atoms with Crippen molar-refractivity contribution in [3.05, 3.63) is 24.3 Å². The first-order chi connectivity index (χ1) is 9.19. The second-order valence-electron chi connectivity index (χ2n) is 5.01. The summed E-state index contributed by atoms with van der Waals surface area (Å²) in [5.74, 6) is 0.666. The maximum Gasteiger partial charge on any atom is 0.121 e. The van der Waals surface area contributed by atoms with Gasteiger partial charge in [0.15, 0.2) is 0 Å². The van der Waals surface area contributed by atoms with Crippen LogP contribution >= 0.6 is 0 Å². The van der Waals surface area contributed by atoms with E-state index in [2.05, 4.69) is 4.90 Å². The summed E-state index contributed by atoms with van der Waals surface area (Å²) < 4.78 is 5.51. The highest BCUT2D eigenvalue weighted by Gasteiger charge is 2.25. The van der Waals surface area contributed by atoms with E-state index >= 15 is 0 Å². The third kappa shape index (κ3) is 4.09. The summed E-state index contributed by atoms with van der Waals surface area (Å²) in [4.78, 5) is 2.12. The number of nitrogens with two attached hydrogens (primary N) is 1. The monoisotopic (exact) mass is 266 g/mol. The molecular formula is C14H22N2O3. The Hall–Kier alpha value is -1.30. The molecule has 0 radical (unpaired) electrons. The lowest BCUT2D eigenvalue weighted by Gasteiger charge is -2.25. The van der Waals surface area contributed by atoms with Crippen molar-refractivity contribution in [1.29, 1.82) is 0 Å². The molecule has 1 heterocycles. The lowest BCUT2D eigenvalue weighted by atomic mass is 10.2. The van der Waals surface area contributed by atoms with Gasteiger partial charge in [-0.25, -0.2) is 0 Å². The molecule has 106 valence electrons. The number of hydrogen-bond acceptors (Lipinski definition) is 5. The molecule has 0 bridgehead atoms. The SMILES string of the molecule is Nc1cccc(OCC(O)CN2CCCC2CO)c1. The van der Waals surface area contributed by atoms with Gasteiger partial charge in [-0.3, -0.25) is 4.90 Å². The van der Waals surface area contributed by atoms with Crippen LogP contribution in [-0.4, -0.2) is 53.6 Å². The smallest absolute Gasteiger partial charge is 0.121 e. The average molecular weight is 266 g/mol. The topological polar surface area (TPSA) is 79.0 Å². The molecule has 19 heavy (non-hydrogen) atoms. The Kier molecular flexibility index (Phi) is 5.01. The molecule has 0 aliphatic carbocycles. The van der Waals surface area contributed by atoms with Crippen LogP contribution in [0.5, 0.6) is 5.75 Å². The zero-order valence-electron chi connectivity index (χ0n) is 11.0. The van der Waals surface area contributed by atoms with E-state index < -0.39 is 6.10 Å². The van der Waals surface area contributed by atoms with E-state index in [0.717, 1.165) is 19.4 Å². The second kappa shape index (κ2) is 6.75. The standard InChI is InChI=1S/C14H22N2O3/c15-11-3-1-5-14(7-11)19-10-13(18)8-16-6-2-4-12(16)9-17/h1,3,5,7,12-13,17-18H,2,4,6,8-10,15H2. The number of anilines is 1. The summed E-state index contributed by atoms with van der Waals surface area (Å²) in [6.07, 6.45) is 1.52. The van der Waals surface area contributed by atoms with E-state index in [0.29, 0.717) is 18.0 Å².